The van der Waals surface area contributed by atoms with Gasteiger partial charge in [0.2, 0.25) is 0 Å². The van der Waals surface area contributed by atoms with Crippen LogP contribution in [0.25, 0.3) is 50.6 Å². The van der Waals surface area contributed by atoms with E-state index >= 15 is 0 Å². The van der Waals surface area contributed by atoms with Crippen molar-refractivity contribution in [2.75, 3.05) is 0 Å². The zero-order valence-electron chi connectivity index (χ0n) is 34.9. The number of benzene rings is 7. The van der Waals surface area contributed by atoms with E-state index in [0.717, 1.165) is 38.9 Å². The Morgan fingerprint density at radius 1 is 0.627 bits per heavy atom. The number of nitrogens with zero attached hydrogens (tertiary/aromatic N) is 2. The summed E-state index contributed by atoms with van der Waals surface area (Å²) in [7, 11) is 0. The summed E-state index contributed by atoms with van der Waals surface area (Å²) in [5, 5.41) is 3.73. The molecule has 8 rings (SSSR count). The van der Waals surface area contributed by atoms with Gasteiger partial charge in [-0.2, -0.15) is 0 Å². The minimum absolute atomic E-state index is 0.0655. The van der Waals surface area contributed by atoms with E-state index in [9.17, 15) is 0 Å². The van der Waals surface area contributed by atoms with Crippen LogP contribution in [0.5, 0.6) is 0 Å². The van der Waals surface area contributed by atoms with Gasteiger partial charge in [0.25, 0.3) is 0 Å². The van der Waals surface area contributed by atoms with Gasteiger partial charge in [-0.25, -0.2) is 9.98 Å². The predicted octanol–water partition coefficient (Wildman–Crippen LogP) is 14.5. The standard InChI is InChI=1S/C54H47N3.C2H6/c1-6-7-17-39-22-16-24-47(37(39)2)45-32-44(43-30-31-51-49(35-43)48-23-14-15-25-50(48)54(51,3)4)33-46(34-45)52(55-5)57-53(42-20-12-9-13-21-42)56-36-38-26-28-41(29-27-38)40-18-10-8-11-19-40;1-2/h6-35,53,56H,1,5,36H2,2-4H3;1-2H3/b17-7-,57-52-;. The van der Waals surface area contributed by atoms with Gasteiger partial charge in [-0.15, -0.1) is 0 Å². The molecule has 0 aliphatic heterocycles. The highest BCUT2D eigenvalue weighted by Gasteiger charge is 2.35. The third-order valence-corrected chi connectivity index (χ3v) is 11.3. The Bertz CT molecular complexity index is 2630. The third kappa shape index (κ3) is 8.62. The number of hydrogen-bond donors (Lipinski definition) is 1. The van der Waals surface area contributed by atoms with Crippen LogP contribution >= 0.6 is 0 Å². The molecule has 0 amide bonds. The summed E-state index contributed by atoms with van der Waals surface area (Å²) >= 11 is 0. The molecule has 1 aliphatic carbocycles. The zero-order chi connectivity index (χ0) is 41.4. The molecule has 0 bridgehead atoms. The molecule has 0 radical (unpaired) electrons. The summed E-state index contributed by atoms with van der Waals surface area (Å²) in [6, 6.07) is 58.5. The van der Waals surface area contributed by atoms with Crippen molar-refractivity contribution in [2.24, 2.45) is 9.98 Å². The van der Waals surface area contributed by atoms with Crippen molar-refractivity contribution < 1.29 is 0 Å². The van der Waals surface area contributed by atoms with Gasteiger partial charge in [-0.05, 0) is 116 Å². The molecule has 1 atom stereocenters. The first-order chi connectivity index (χ1) is 28.8. The summed E-state index contributed by atoms with van der Waals surface area (Å²) in [5.74, 6) is 0.576. The summed E-state index contributed by atoms with van der Waals surface area (Å²) in [6.07, 6.45) is 5.55. The SMILES string of the molecule is C=C/C=C\c1cccc(-c2cc(/C(N=C)=N/C(NCc3ccc(-c4ccccc4)cc3)c3ccccc3)cc(-c3ccc4c(c3)-c3ccccc3C4(C)C)c2)c1C.CC. The highest BCUT2D eigenvalue weighted by molar-refractivity contribution is 6.04. The summed E-state index contributed by atoms with van der Waals surface area (Å²) in [4.78, 5) is 9.94. The molecule has 0 spiro atoms. The molecule has 7 aromatic rings. The smallest absolute Gasteiger partial charge is 0.155 e. The summed E-state index contributed by atoms with van der Waals surface area (Å²) < 4.78 is 0. The average molecular weight is 768 g/mol. The largest absolute Gasteiger partial charge is 0.288 e. The fourth-order valence-corrected chi connectivity index (χ4v) is 8.16. The Morgan fingerprint density at radius 2 is 1.25 bits per heavy atom. The summed E-state index contributed by atoms with van der Waals surface area (Å²) in [5.41, 5.74) is 17.6. The number of hydrogen-bond acceptors (Lipinski definition) is 2. The van der Waals surface area contributed by atoms with Gasteiger partial charge in [-0.3, -0.25) is 5.32 Å². The van der Waals surface area contributed by atoms with Crippen molar-refractivity contribution in [1.29, 1.82) is 0 Å². The molecule has 3 heteroatoms. The van der Waals surface area contributed by atoms with Crippen LogP contribution in [0.15, 0.2) is 193 Å². The van der Waals surface area contributed by atoms with Crippen LogP contribution in [-0.4, -0.2) is 12.6 Å². The topological polar surface area (TPSA) is 36.8 Å². The lowest BCUT2D eigenvalue weighted by Crippen LogP contribution is -2.21. The highest BCUT2D eigenvalue weighted by Crippen LogP contribution is 2.49. The molecule has 7 aromatic carbocycles. The Labute approximate surface area is 351 Å². The van der Waals surface area contributed by atoms with Gasteiger partial charge in [0, 0.05) is 17.5 Å². The fourth-order valence-electron chi connectivity index (χ4n) is 8.16. The van der Waals surface area contributed by atoms with Gasteiger partial charge in [0.1, 0.15) is 6.17 Å². The van der Waals surface area contributed by atoms with Crippen molar-refractivity contribution in [2.45, 2.75) is 52.7 Å². The van der Waals surface area contributed by atoms with E-state index in [1.807, 2.05) is 38.1 Å². The molecule has 1 N–H and O–H groups in total. The number of allylic oxidation sites excluding steroid dienone is 2. The zero-order valence-corrected chi connectivity index (χ0v) is 34.9. The van der Waals surface area contributed by atoms with E-state index in [1.165, 1.54) is 44.5 Å². The van der Waals surface area contributed by atoms with Crippen molar-refractivity contribution in [3.05, 3.63) is 221 Å². The first kappa shape index (κ1) is 40.5. The van der Waals surface area contributed by atoms with Gasteiger partial charge < -0.3 is 0 Å². The second-order valence-corrected chi connectivity index (χ2v) is 15.2. The maximum absolute atomic E-state index is 5.33. The van der Waals surface area contributed by atoms with Crippen molar-refractivity contribution >= 4 is 18.6 Å². The minimum atomic E-state index is -0.361. The number of aliphatic imine (C=N–C) groups is 2. The molecule has 59 heavy (non-hydrogen) atoms. The van der Waals surface area contributed by atoms with E-state index in [0.29, 0.717) is 12.4 Å². The summed E-state index contributed by atoms with van der Waals surface area (Å²) in [6.45, 7) is 19.4. The monoisotopic (exact) mass is 767 g/mol. The lowest BCUT2D eigenvalue weighted by Gasteiger charge is -2.21. The lowest BCUT2D eigenvalue weighted by molar-refractivity contribution is 0.554. The fraction of sp³-hybridized carbons (Fsp3) is 0.143. The van der Waals surface area contributed by atoms with Gasteiger partial charge in [-0.1, -0.05) is 192 Å². The third-order valence-electron chi connectivity index (χ3n) is 11.3. The average Bonchev–Trinajstić information content (AvgIpc) is 3.52. The van der Waals surface area contributed by atoms with E-state index in [1.54, 1.807) is 0 Å². The molecule has 0 fully saturated rings. The number of nitrogens with one attached hydrogen (secondary N) is 1. The van der Waals surface area contributed by atoms with Crippen LogP contribution in [0, 0.1) is 6.92 Å². The highest BCUT2D eigenvalue weighted by atomic mass is 15.1. The molecule has 0 saturated carbocycles. The van der Waals surface area contributed by atoms with E-state index in [4.69, 9.17) is 4.99 Å². The lowest BCUT2D eigenvalue weighted by atomic mass is 9.82. The Kier molecular flexibility index (Phi) is 12.6. The van der Waals surface area contributed by atoms with Gasteiger partial charge in [0.15, 0.2) is 5.84 Å². The molecule has 292 valence electrons. The Hall–Kier alpha value is -6.68. The van der Waals surface area contributed by atoms with Crippen LogP contribution in [0.3, 0.4) is 0 Å². The molecule has 0 saturated heterocycles. The predicted molar refractivity (Wildman–Crippen MR) is 254 cm³/mol. The Morgan fingerprint density at radius 3 is 1.98 bits per heavy atom. The molecule has 3 nitrogen and oxygen atoms in total. The number of rotatable bonds is 11. The normalized spacial score (nSPS) is 13.2. The maximum atomic E-state index is 5.33. The molecular weight excluding hydrogens is 715 g/mol. The van der Waals surface area contributed by atoms with E-state index in [2.05, 4.69) is 202 Å². The van der Waals surface area contributed by atoms with Crippen molar-refractivity contribution in [1.82, 2.24) is 5.32 Å². The number of fused-ring (bicyclic) bond motifs is 3. The van der Waals surface area contributed by atoms with Gasteiger partial charge >= 0.3 is 0 Å². The molecular formula is C56H53N3. The van der Waals surface area contributed by atoms with Crippen molar-refractivity contribution in [3.8, 4) is 44.5 Å². The maximum Gasteiger partial charge on any atom is 0.155 e. The molecule has 0 aromatic heterocycles. The van der Waals surface area contributed by atoms with Crippen LogP contribution in [-0.2, 0) is 12.0 Å². The quantitative estimate of drug-likeness (QED) is 0.0794. The van der Waals surface area contributed by atoms with Crippen LogP contribution < -0.4 is 5.32 Å². The van der Waals surface area contributed by atoms with Crippen LogP contribution in [0.4, 0.5) is 0 Å². The first-order valence-electron chi connectivity index (χ1n) is 20.6. The molecule has 1 aliphatic rings. The number of amidine groups is 1. The van der Waals surface area contributed by atoms with Gasteiger partial charge in [0.05, 0.1) is 0 Å². The second kappa shape index (κ2) is 18.3. The first-order valence-corrected chi connectivity index (χ1v) is 20.6. The molecule has 1 unspecified atom stereocenters. The van der Waals surface area contributed by atoms with Crippen molar-refractivity contribution in [3.63, 3.8) is 0 Å². The minimum Gasteiger partial charge on any atom is -0.288 e. The van der Waals surface area contributed by atoms with Crippen LogP contribution in [0.1, 0.15) is 72.8 Å². The Balaban J connectivity index is 0.00000260. The second-order valence-electron chi connectivity index (χ2n) is 15.2. The van der Waals surface area contributed by atoms with E-state index in [-0.39, 0.29) is 11.6 Å². The van der Waals surface area contributed by atoms with Crippen LogP contribution in [0.2, 0.25) is 0 Å². The van der Waals surface area contributed by atoms with E-state index < -0.39 is 0 Å². The molecule has 0 heterocycles.